The Labute approximate surface area is 177 Å². The van der Waals surface area contributed by atoms with E-state index < -0.39 is 17.2 Å². The van der Waals surface area contributed by atoms with Gasteiger partial charge in [0, 0.05) is 30.4 Å². The average molecular weight is 429 g/mol. The molecule has 4 rings (SSSR count). The number of anilines is 2. The predicted molar refractivity (Wildman–Crippen MR) is 111 cm³/mol. The predicted octanol–water partition coefficient (Wildman–Crippen LogP) is 3.75. The number of halogens is 3. The fourth-order valence-electron chi connectivity index (χ4n) is 3.93. The number of carbonyl (C=O) groups is 1. The van der Waals surface area contributed by atoms with Crippen molar-refractivity contribution in [3.63, 3.8) is 0 Å². The summed E-state index contributed by atoms with van der Waals surface area (Å²) in [5.41, 5.74) is 6.30. The molecule has 0 bridgehead atoms. The van der Waals surface area contributed by atoms with Crippen LogP contribution < -0.4 is 11.1 Å². The van der Waals surface area contributed by atoms with Crippen LogP contribution >= 0.6 is 0 Å². The number of nitrogens with one attached hydrogen (secondary N) is 1. The zero-order chi connectivity index (χ0) is 22.3. The molecule has 1 aromatic heterocycles. The molecule has 0 radical (unpaired) electrons. The van der Waals surface area contributed by atoms with Gasteiger partial charge < -0.3 is 20.5 Å². The maximum absolute atomic E-state index is 13.8. The number of nitrogens with two attached hydrogens (primary N) is 1. The summed E-state index contributed by atoms with van der Waals surface area (Å²) in [6.45, 7) is 4.45. The van der Waals surface area contributed by atoms with Crippen molar-refractivity contribution in [2.24, 2.45) is 5.73 Å². The first-order valence-electron chi connectivity index (χ1n) is 9.82. The summed E-state index contributed by atoms with van der Waals surface area (Å²) >= 11 is 0. The Morgan fingerprint density at radius 2 is 1.81 bits per heavy atom. The smallest absolute Gasteiger partial charge is 0.237 e. The first kappa shape index (κ1) is 20.9. The number of carbonyl (C=O) groups excluding carboxylic acids is 1. The topological polar surface area (TPSA) is 76.2 Å². The number of fused-ring (bicyclic) bond motifs is 1. The van der Waals surface area contributed by atoms with E-state index in [9.17, 15) is 18.0 Å². The van der Waals surface area contributed by atoms with Gasteiger partial charge in [-0.2, -0.15) is 0 Å². The van der Waals surface area contributed by atoms with Crippen molar-refractivity contribution in [3.05, 3.63) is 65.7 Å². The third-order valence-electron chi connectivity index (χ3n) is 5.51. The third kappa shape index (κ3) is 3.65. The molecule has 0 atom stereocenters. The first-order chi connectivity index (χ1) is 14.7. The zero-order valence-corrected chi connectivity index (χ0v) is 17.1. The molecule has 3 N–H and O–H groups in total. The maximum atomic E-state index is 13.8. The molecule has 1 amide bonds. The summed E-state index contributed by atoms with van der Waals surface area (Å²) in [5.74, 6) is -1.37. The number of nitrogens with zero attached hydrogens (tertiary/aromatic N) is 3. The van der Waals surface area contributed by atoms with E-state index in [0.717, 1.165) is 12.1 Å². The fourth-order valence-corrected chi connectivity index (χ4v) is 3.93. The lowest BCUT2D eigenvalue weighted by molar-refractivity contribution is -0.137. The molecule has 0 unspecified atom stereocenters. The van der Waals surface area contributed by atoms with Gasteiger partial charge in [0.2, 0.25) is 5.91 Å². The SMILES string of the molecule is CC1(C)c2nc(-c3ccc(F)cc3)c(Nc3ccc(F)c(F)c3)n2CCN1C(=O)CN. The number of aromatic nitrogens is 2. The highest BCUT2D eigenvalue weighted by atomic mass is 19.2. The number of benzene rings is 2. The Morgan fingerprint density at radius 1 is 1.10 bits per heavy atom. The van der Waals surface area contributed by atoms with Crippen molar-refractivity contribution < 1.29 is 18.0 Å². The molecule has 9 heteroatoms. The summed E-state index contributed by atoms with van der Waals surface area (Å²) in [6.07, 6.45) is 0. The van der Waals surface area contributed by atoms with Crippen molar-refractivity contribution in [3.8, 4) is 11.3 Å². The molecule has 0 saturated carbocycles. The molecule has 6 nitrogen and oxygen atoms in total. The molecule has 31 heavy (non-hydrogen) atoms. The van der Waals surface area contributed by atoms with Crippen LogP contribution in [-0.2, 0) is 16.9 Å². The molecule has 2 heterocycles. The van der Waals surface area contributed by atoms with Crippen molar-refractivity contribution in [1.29, 1.82) is 0 Å². The van der Waals surface area contributed by atoms with E-state index in [1.54, 1.807) is 17.0 Å². The summed E-state index contributed by atoms with van der Waals surface area (Å²) < 4.78 is 42.6. The molecule has 0 aliphatic carbocycles. The second-order valence-corrected chi connectivity index (χ2v) is 7.85. The van der Waals surface area contributed by atoms with Crippen LogP contribution in [0.3, 0.4) is 0 Å². The highest BCUT2D eigenvalue weighted by Crippen LogP contribution is 2.39. The van der Waals surface area contributed by atoms with E-state index in [4.69, 9.17) is 10.7 Å². The molecular weight excluding hydrogens is 407 g/mol. The molecule has 0 spiro atoms. The number of hydrogen-bond acceptors (Lipinski definition) is 4. The van der Waals surface area contributed by atoms with E-state index in [0.29, 0.717) is 41.7 Å². The van der Waals surface area contributed by atoms with Crippen molar-refractivity contribution in [1.82, 2.24) is 14.5 Å². The lowest BCUT2D eigenvalue weighted by Gasteiger charge is -2.42. The summed E-state index contributed by atoms with van der Waals surface area (Å²) in [5, 5.41) is 3.13. The normalized spacial score (nSPS) is 15.0. The van der Waals surface area contributed by atoms with Gasteiger partial charge in [-0.05, 0) is 50.2 Å². The van der Waals surface area contributed by atoms with Gasteiger partial charge in [-0.1, -0.05) is 0 Å². The first-order valence-corrected chi connectivity index (χ1v) is 9.82. The second kappa shape index (κ2) is 7.73. The van der Waals surface area contributed by atoms with E-state index in [-0.39, 0.29) is 18.3 Å². The molecule has 2 aromatic carbocycles. The summed E-state index contributed by atoms with van der Waals surface area (Å²) in [4.78, 5) is 18.8. The lowest BCUT2D eigenvalue weighted by atomic mass is 9.99. The third-order valence-corrected chi connectivity index (χ3v) is 5.51. The zero-order valence-electron chi connectivity index (χ0n) is 17.1. The van der Waals surface area contributed by atoms with Crippen LogP contribution in [0.25, 0.3) is 11.3 Å². The average Bonchev–Trinajstić information content (AvgIpc) is 3.10. The van der Waals surface area contributed by atoms with Gasteiger partial charge in [-0.15, -0.1) is 0 Å². The molecule has 1 aliphatic heterocycles. The number of hydrogen-bond donors (Lipinski definition) is 2. The standard InChI is InChI=1S/C22H22F3N5O/c1-22(2)21-28-19(13-3-5-14(23)6-4-13)20(27-15-7-8-16(24)17(25)11-15)29(21)9-10-30(22)18(31)12-26/h3-8,11,27H,9-10,12,26H2,1-2H3. The minimum absolute atomic E-state index is 0.116. The van der Waals surface area contributed by atoms with Crippen LogP contribution in [0.1, 0.15) is 19.7 Å². The van der Waals surface area contributed by atoms with E-state index >= 15 is 0 Å². The van der Waals surface area contributed by atoms with Crippen molar-refractivity contribution in [2.45, 2.75) is 25.9 Å². The second-order valence-electron chi connectivity index (χ2n) is 7.85. The number of rotatable bonds is 4. The van der Waals surface area contributed by atoms with Gasteiger partial charge >= 0.3 is 0 Å². The Hall–Kier alpha value is -3.33. The van der Waals surface area contributed by atoms with Gasteiger partial charge in [0.25, 0.3) is 0 Å². The van der Waals surface area contributed by atoms with Crippen LogP contribution in [0.4, 0.5) is 24.7 Å². The van der Waals surface area contributed by atoms with Crippen molar-refractivity contribution >= 4 is 17.4 Å². The molecule has 162 valence electrons. The quantitative estimate of drug-likeness (QED) is 0.663. The van der Waals surface area contributed by atoms with Crippen LogP contribution in [0.2, 0.25) is 0 Å². The van der Waals surface area contributed by atoms with E-state index in [1.807, 2.05) is 18.4 Å². The molecule has 0 saturated heterocycles. The summed E-state index contributed by atoms with van der Waals surface area (Å²) in [6, 6.07) is 9.35. The Balaban J connectivity index is 1.86. The minimum Gasteiger partial charge on any atom is -0.340 e. The van der Waals surface area contributed by atoms with Crippen molar-refractivity contribution in [2.75, 3.05) is 18.4 Å². The number of amides is 1. The molecular formula is C22H22F3N5O. The van der Waals surface area contributed by atoms with E-state index in [2.05, 4.69) is 5.32 Å². The van der Waals surface area contributed by atoms with Gasteiger partial charge in [0.05, 0.1) is 12.1 Å². The lowest BCUT2D eigenvalue weighted by Crippen LogP contribution is -2.53. The number of imidazole rings is 1. The monoisotopic (exact) mass is 429 g/mol. The Bertz CT molecular complexity index is 1140. The van der Waals surface area contributed by atoms with Crippen LogP contribution in [0, 0.1) is 17.5 Å². The summed E-state index contributed by atoms with van der Waals surface area (Å²) in [7, 11) is 0. The van der Waals surface area contributed by atoms with Gasteiger partial charge in [0.15, 0.2) is 11.6 Å². The molecule has 3 aromatic rings. The van der Waals surface area contributed by atoms with E-state index in [1.165, 1.54) is 18.2 Å². The largest absolute Gasteiger partial charge is 0.340 e. The van der Waals surface area contributed by atoms with Crippen LogP contribution in [-0.4, -0.2) is 33.4 Å². The van der Waals surface area contributed by atoms with Gasteiger partial charge in [-0.3, -0.25) is 4.79 Å². The highest BCUT2D eigenvalue weighted by molar-refractivity contribution is 5.80. The van der Waals surface area contributed by atoms with Gasteiger partial charge in [-0.25, -0.2) is 18.2 Å². The maximum Gasteiger partial charge on any atom is 0.237 e. The Kier molecular flexibility index (Phi) is 5.22. The Morgan fingerprint density at radius 3 is 2.45 bits per heavy atom. The van der Waals surface area contributed by atoms with Crippen LogP contribution in [0.15, 0.2) is 42.5 Å². The highest BCUT2D eigenvalue weighted by Gasteiger charge is 2.41. The minimum atomic E-state index is -0.980. The molecule has 1 aliphatic rings. The van der Waals surface area contributed by atoms with Gasteiger partial charge in [0.1, 0.15) is 23.2 Å². The fraction of sp³-hybridized carbons (Fsp3) is 0.273. The van der Waals surface area contributed by atoms with Crippen LogP contribution in [0.5, 0.6) is 0 Å². The molecule has 0 fully saturated rings.